The first-order chi connectivity index (χ1) is 10.3. The third-order valence-electron chi connectivity index (χ3n) is 3.52. The maximum Gasteiger partial charge on any atom is 0.137 e. The quantitative estimate of drug-likeness (QED) is 0.846. The molecule has 0 spiro atoms. The maximum absolute atomic E-state index is 13.3. The second kappa shape index (κ2) is 8.66. The highest BCUT2D eigenvalue weighted by molar-refractivity contribution is 5.46. The summed E-state index contributed by atoms with van der Waals surface area (Å²) in [5.74, 6) is 5.91. The summed E-state index contributed by atoms with van der Waals surface area (Å²) in [4.78, 5) is 2.37. The Labute approximate surface area is 125 Å². The van der Waals surface area contributed by atoms with Crippen molar-refractivity contribution in [1.29, 1.82) is 0 Å². The highest BCUT2D eigenvalue weighted by Crippen LogP contribution is 2.19. The molecule has 1 fully saturated rings. The predicted octanol–water partition coefficient (Wildman–Crippen LogP) is 2.42. The van der Waals surface area contributed by atoms with Crippen molar-refractivity contribution in [2.75, 3.05) is 32.8 Å². The molecule has 0 radical (unpaired) electrons. The van der Waals surface area contributed by atoms with Crippen LogP contribution < -0.4 is 4.74 Å². The Kier molecular flexibility index (Phi) is 6.52. The van der Waals surface area contributed by atoms with E-state index >= 15 is 0 Å². The number of hydrogen-bond acceptors (Lipinski definition) is 3. The topological polar surface area (TPSA) is 32.7 Å². The zero-order valence-corrected chi connectivity index (χ0v) is 12.3. The summed E-state index contributed by atoms with van der Waals surface area (Å²) in [5, 5.41) is 8.74. The Morgan fingerprint density at radius 3 is 2.81 bits per heavy atom. The van der Waals surface area contributed by atoms with Gasteiger partial charge in [-0.1, -0.05) is 18.3 Å². The van der Waals surface area contributed by atoms with Crippen molar-refractivity contribution in [3.63, 3.8) is 0 Å². The molecule has 21 heavy (non-hydrogen) atoms. The summed E-state index contributed by atoms with van der Waals surface area (Å²) in [6.45, 7) is 3.67. The first-order valence-electron chi connectivity index (χ1n) is 7.54. The molecular formula is C17H22FNO2. The van der Waals surface area contributed by atoms with Crippen LogP contribution in [0.15, 0.2) is 18.2 Å². The average Bonchev–Trinajstić information content (AvgIpc) is 2.51. The van der Waals surface area contributed by atoms with Crippen LogP contribution in [0.25, 0.3) is 0 Å². The van der Waals surface area contributed by atoms with Crippen molar-refractivity contribution in [2.45, 2.75) is 25.7 Å². The fourth-order valence-corrected chi connectivity index (χ4v) is 2.40. The molecular weight excluding hydrogens is 269 g/mol. The van der Waals surface area contributed by atoms with Crippen molar-refractivity contribution >= 4 is 0 Å². The molecule has 0 unspecified atom stereocenters. The molecule has 0 aromatic heterocycles. The van der Waals surface area contributed by atoms with E-state index in [1.54, 1.807) is 6.07 Å². The van der Waals surface area contributed by atoms with Gasteiger partial charge in [-0.3, -0.25) is 4.90 Å². The van der Waals surface area contributed by atoms with Crippen LogP contribution in [0.1, 0.15) is 31.2 Å². The second-order valence-electron chi connectivity index (χ2n) is 5.17. The van der Waals surface area contributed by atoms with Gasteiger partial charge in [0.1, 0.15) is 18.2 Å². The molecule has 1 heterocycles. The van der Waals surface area contributed by atoms with Gasteiger partial charge in [-0.15, -0.1) is 0 Å². The Balaban J connectivity index is 1.91. The van der Waals surface area contributed by atoms with Gasteiger partial charge in [0.15, 0.2) is 0 Å². The van der Waals surface area contributed by atoms with E-state index in [-0.39, 0.29) is 12.4 Å². The lowest BCUT2D eigenvalue weighted by Gasteiger charge is -2.26. The number of halogens is 1. The summed E-state index contributed by atoms with van der Waals surface area (Å²) in [5.41, 5.74) is 0.670. The second-order valence-corrected chi connectivity index (χ2v) is 5.17. The number of hydrogen-bond donors (Lipinski definition) is 1. The Bertz CT molecular complexity index is 501. The lowest BCUT2D eigenvalue weighted by atomic mass is 10.1. The average molecular weight is 291 g/mol. The van der Waals surface area contributed by atoms with Gasteiger partial charge in [-0.25, -0.2) is 4.39 Å². The Hall–Kier alpha value is -1.57. The molecule has 114 valence electrons. The van der Waals surface area contributed by atoms with Crippen molar-refractivity contribution in [1.82, 2.24) is 4.90 Å². The van der Waals surface area contributed by atoms with E-state index in [2.05, 4.69) is 16.7 Å². The molecule has 1 saturated heterocycles. The van der Waals surface area contributed by atoms with Crippen molar-refractivity contribution in [3.05, 3.63) is 29.6 Å². The fourth-order valence-electron chi connectivity index (χ4n) is 2.40. The molecule has 0 aliphatic carbocycles. The third-order valence-corrected chi connectivity index (χ3v) is 3.52. The molecule has 1 aliphatic heterocycles. The van der Waals surface area contributed by atoms with E-state index in [1.165, 1.54) is 31.4 Å². The van der Waals surface area contributed by atoms with Gasteiger partial charge in [0, 0.05) is 19.0 Å². The van der Waals surface area contributed by atoms with Crippen LogP contribution in [-0.4, -0.2) is 42.9 Å². The number of nitrogens with zero attached hydrogens (tertiary/aromatic N) is 1. The van der Waals surface area contributed by atoms with Gasteiger partial charge in [0.2, 0.25) is 0 Å². The van der Waals surface area contributed by atoms with Crippen LogP contribution >= 0.6 is 0 Å². The Morgan fingerprint density at radius 2 is 2.05 bits per heavy atom. The number of benzene rings is 1. The van der Waals surface area contributed by atoms with E-state index in [0.717, 1.165) is 19.6 Å². The molecule has 3 nitrogen and oxygen atoms in total. The van der Waals surface area contributed by atoms with Gasteiger partial charge in [0.25, 0.3) is 0 Å². The SMILES string of the molecule is OCCC#Cc1ccc(F)cc1OCCN1CCCCC1. The van der Waals surface area contributed by atoms with E-state index in [4.69, 9.17) is 9.84 Å². The molecule has 0 bridgehead atoms. The molecule has 0 saturated carbocycles. The molecule has 2 rings (SSSR count). The molecule has 1 aromatic carbocycles. The predicted molar refractivity (Wildman–Crippen MR) is 80.8 cm³/mol. The number of piperidine rings is 1. The molecule has 0 amide bonds. The third kappa shape index (κ3) is 5.37. The molecule has 0 atom stereocenters. The summed E-state index contributed by atoms with van der Waals surface area (Å²) >= 11 is 0. The zero-order valence-electron chi connectivity index (χ0n) is 12.3. The number of aliphatic hydroxyl groups excluding tert-OH is 1. The van der Waals surface area contributed by atoms with Gasteiger partial charge in [-0.05, 0) is 38.1 Å². The van der Waals surface area contributed by atoms with E-state index in [9.17, 15) is 4.39 Å². The minimum Gasteiger partial charge on any atom is -0.491 e. The monoisotopic (exact) mass is 291 g/mol. The summed E-state index contributed by atoms with van der Waals surface area (Å²) in [7, 11) is 0. The minimum atomic E-state index is -0.323. The summed E-state index contributed by atoms with van der Waals surface area (Å²) < 4.78 is 19.0. The van der Waals surface area contributed by atoms with Crippen LogP contribution in [-0.2, 0) is 0 Å². The molecule has 1 aliphatic rings. The van der Waals surface area contributed by atoms with Gasteiger partial charge in [-0.2, -0.15) is 0 Å². The van der Waals surface area contributed by atoms with Crippen molar-refractivity contribution in [3.8, 4) is 17.6 Å². The number of ether oxygens (including phenoxy) is 1. The Morgan fingerprint density at radius 1 is 1.24 bits per heavy atom. The summed E-state index contributed by atoms with van der Waals surface area (Å²) in [6, 6.07) is 4.37. The van der Waals surface area contributed by atoms with Gasteiger partial charge >= 0.3 is 0 Å². The standard InChI is InChI=1S/C17H22FNO2/c18-16-8-7-15(6-2-5-12-20)17(14-16)21-13-11-19-9-3-1-4-10-19/h7-8,14,20H,1,3-5,9-13H2. The minimum absolute atomic E-state index is 0.0271. The van der Waals surface area contributed by atoms with Crippen LogP contribution in [0, 0.1) is 17.7 Å². The van der Waals surface area contributed by atoms with Crippen LogP contribution in [0.3, 0.4) is 0 Å². The van der Waals surface area contributed by atoms with E-state index < -0.39 is 0 Å². The number of likely N-dealkylation sites (tertiary alicyclic amines) is 1. The van der Waals surface area contributed by atoms with E-state index in [0.29, 0.717) is 24.3 Å². The van der Waals surface area contributed by atoms with Crippen LogP contribution in [0.5, 0.6) is 5.75 Å². The van der Waals surface area contributed by atoms with Gasteiger partial charge < -0.3 is 9.84 Å². The highest BCUT2D eigenvalue weighted by atomic mass is 19.1. The lowest BCUT2D eigenvalue weighted by molar-refractivity contribution is 0.183. The zero-order chi connectivity index (χ0) is 14.9. The lowest BCUT2D eigenvalue weighted by Crippen LogP contribution is -2.33. The smallest absolute Gasteiger partial charge is 0.137 e. The number of aliphatic hydroxyl groups is 1. The first-order valence-corrected chi connectivity index (χ1v) is 7.54. The number of rotatable bonds is 5. The van der Waals surface area contributed by atoms with E-state index in [1.807, 2.05) is 0 Å². The molecule has 1 N–H and O–H groups in total. The molecule has 1 aromatic rings. The van der Waals surface area contributed by atoms with Gasteiger partial charge in [0.05, 0.1) is 12.2 Å². The fraction of sp³-hybridized carbons (Fsp3) is 0.529. The molecule has 4 heteroatoms. The highest BCUT2D eigenvalue weighted by Gasteiger charge is 2.10. The van der Waals surface area contributed by atoms with Crippen LogP contribution in [0.2, 0.25) is 0 Å². The van der Waals surface area contributed by atoms with Crippen molar-refractivity contribution in [2.24, 2.45) is 0 Å². The largest absolute Gasteiger partial charge is 0.491 e. The van der Waals surface area contributed by atoms with Crippen molar-refractivity contribution < 1.29 is 14.2 Å². The maximum atomic E-state index is 13.3. The summed E-state index contributed by atoms with van der Waals surface area (Å²) in [6.07, 6.45) is 4.21. The normalized spacial score (nSPS) is 15.3. The van der Waals surface area contributed by atoms with Crippen LogP contribution in [0.4, 0.5) is 4.39 Å². The first kappa shape index (κ1) is 15.8.